The summed E-state index contributed by atoms with van der Waals surface area (Å²) in [6.07, 6.45) is 0.306. The van der Waals surface area contributed by atoms with Crippen molar-refractivity contribution < 1.29 is 22.9 Å². The van der Waals surface area contributed by atoms with Gasteiger partial charge in [-0.1, -0.05) is 55.0 Å². The molecule has 200 valence electrons. The number of anilines is 1. The van der Waals surface area contributed by atoms with E-state index in [-0.39, 0.29) is 28.7 Å². The average molecular weight is 539 g/mol. The van der Waals surface area contributed by atoms with Crippen LogP contribution in [-0.2, 0) is 26.2 Å². The molecule has 38 heavy (non-hydrogen) atoms. The molecule has 1 atom stereocenters. The zero-order valence-corrected chi connectivity index (χ0v) is 22.2. The Morgan fingerprint density at radius 1 is 1.00 bits per heavy atom. The van der Waals surface area contributed by atoms with Crippen molar-refractivity contribution in [1.29, 1.82) is 0 Å². The molecule has 0 fully saturated rings. The maximum absolute atomic E-state index is 13.8. The molecule has 10 nitrogen and oxygen atoms in total. The van der Waals surface area contributed by atoms with Crippen molar-refractivity contribution in [2.24, 2.45) is 0 Å². The second-order valence-electron chi connectivity index (χ2n) is 8.65. The minimum absolute atomic E-state index is 0.0465. The molecule has 0 saturated carbocycles. The molecule has 0 aromatic heterocycles. The zero-order valence-electron chi connectivity index (χ0n) is 21.4. The predicted octanol–water partition coefficient (Wildman–Crippen LogP) is 3.65. The Bertz CT molecular complexity index is 1390. The number of non-ortho nitro benzene ring substituents is 1. The molecular weight excluding hydrogens is 508 g/mol. The summed E-state index contributed by atoms with van der Waals surface area (Å²) in [7, 11) is -2.76. The van der Waals surface area contributed by atoms with E-state index in [1.807, 2.05) is 31.2 Å². The number of carbonyl (C=O) groups is 2. The van der Waals surface area contributed by atoms with Crippen LogP contribution in [0.1, 0.15) is 24.5 Å². The van der Waals surface area contributed by atoms with E-state index < -0.39 is 33.4 Å². The van der Waals surface area contributed by atoms with Gasteiger partial charge in [-0.3, -0.25) is 24.0 Å². The summed E-state index contributed by atoms with van der Waals surface area (Å²) < 4.78 is 28.3. The van der Waals surface area contributed by atoms with Crippen LogP contribution < -0.4 is 9.62 Å². The number of rotatable bonds is 11. The van der Waals surface area contributed by atoms with Gasteiger partial charge in [-0.15, -0.1) is 0 Å². The maximum Gasteiger partial charge on any atom is 0.269 e. The lowest BCUT2D eigenvalue weighted by atomic mass is 10.1. The minimum Gasteiger partial charge on any atom is -0.357 e. The molecule has 1 N–H and O–H groups in total. The third-order valence-electron chi connectivity index (χ3n) is 6.03. The molecule has 2 amide bonds. The van der Waals surface area contributed by atoms with Crippen LogP contribution in [0.25, 0.3) is 0 Å². The number of benzene rings is 3. The van der Waals surface area contributed by atoms with Crippen LogP contribution in [0.5, 0.6) is 0 Å². The number of likely N-dealkylation sites (N-methyl/N-ethyl adjacent to an activating group) is 1. The predicted molar refractivity (Wildman–Crippen MR) is 144 cm³/mol. The van der Waals surface area contributed by atoms with Gasteiger partial charge in [0.15, 0.2) is 0 Å². The number of amides is 2. The van der Waals surface area contributed by atoms with Gasteiger partial charge in [0.2, 0.25) is 11.8 Å². The van der Waals surface area contributed by atoms with Gasteiger partial charge in [0.05, 0.1) is 15.5 Å². The fourth-order valence-electron chi connectivity index (χ4n) is 4.08. The normalized spacial score (nSPS) is 11.9. The Labute approximate surface area is 222 Å². The number of nitrogens with zero attached hydrogens (tertiary/aromatic N) is 3. The number of sulfonamides is 1. The van der Waals surface area contributed by atoms with Crippen LogP contribution in [0, 0.1) is 17.0 Å². The number of nitro groups is 1. The topological polar surface area (TPSA) is 130 Å². The van der Waals surface area contributed by atoms with E-state index in [0.717, 1.165) is 15.4 Å². The number of hydrogen-bond acceptors (Lipinski definition) is 6. The van der Waals surface area contributed by atoms with Gasteiger partial charge in [-0.05, 0) is 43.2 Å². The van der Waals surface area contributed by atoms with Crippen LogP contribution in [-0.4, -0.2) is 49.7 Å². The summed E-state index contributed by atoms with van der Waals surface area (Å²) in [6, 6.07) is 19.2. The van der Waals surface area contributed by atoms with E-state index in [1.165, 1.54) is 48.3 Å². The van der Waals surface area contributed by atoms with Gasteiger partial charge in [0.1, 0.15) is 12.6 Å². The van der Waals surface area contributed by atoms with Crippen molar-refractivity contribution in [3.8, 4) is 0 Å². The Hall–Kier alpha value is -4.25. The highest BCUT2D eigenvalue weighted by Crippen LogP contribution is 2.26. The highest BCUT2D eigenvalue weighted by Gasteiger charge is 2.33. The molecule has 0 heterocycles. The lowest BCUT2D eigenvalue weighted by molar-refractivity contribution is -0.384. The Morgan fingerprint density at radius 2 is 1.66 bits per heavy atom. The van der Waals surface area contributed by atoms with Crippen LogP contribution in [0.3, 0.4) is 0 Å². The Kier molecular flexibility index (Phi) is 9.19. The Morgan fingerprint density at radius 3 is 2.21 bits per heavy atom. The summed E-state index contributed by atoms with van der Waals surface area (Å²) in [5.41, 5.74) is 1.62. The summed E-state index contributed by atoms with van der Waals surface area (Å²) in [5.74, 6) is -0.971. The van der Waals surface area contributed by atoms with E-state index in [4.69, 9.17) is 0 Å². The molecule has 0 aliphatic heterocycles. The first kappa shape index (κ1) is 28.3. The molecule has 0 aliphatic rings. The standard InChI is InChI=1S/C27H30N4O6S/c1-4-25(27(33)28-3)29(18-21-10-8-9-20(2)17-21)26(32)19-30(22-13-15-23(16-14-22)31(34)35)38(36,37)24-11-6-5-7-12-24/h5-17,25H,4,18-19H2,1-3H3,(H,28,33). The largest absolute Gasteiger partial charge is 0.357 e. The van der Waals surface area contributed by atoms with Gasteiger partial charge in [0, 0.05) is 25.7 Å². The summed E-state index contributed by atoms with van der Waals surface area (Å²) in [6.45, 7) is 3.15. The molecule has 3 aromatic rings. The molecule has 1 unspecified atom stereocenters. The van der Waals surface area contributed by atoms with Gasteiger partial charge in [-0.25, -0.2) is 8.42 Å². The second kappa shape index (κ2) is 12.3. The SMILES string of the molecule is CCC(C(=O)NC)N(Cc1cccc(C)c1)C(=O)CN(c1ccc([N+](=O)[O-])cc1)S(=O)(=O)c1ccccc1. The molecule has 3 aromatic carbocycles. The maximum atomic E-state index is 13.8. The molecule has 0 aliphatic carbocycles. The lowest BCUT2D eigenvalue weighted by Crippen LogP contribution is -2.51. The first-order valence-corrected chi connectivity index (χ1v) is 13.4. The lowest BCUT2D eigenvalue weighted by Gasteiger charge is -2.33. The smallest absolute Gasteiger partial charge is 0.269 e. The number of nitrogens with one attached hydrogen (secondary N) is 1. The van der Waals surface area contributed by atoms with Gasteiger partial charge >= 0.3 is 0 Å². The molecule has 0 saturated heterocycles. The van der Waals surface area contributed by atoms with Gasteiger partial charge in [-0.2, -0.15) is 0 Å². The van der Waals surface area contributed by atoms with Crippen molar-refractivity contribution in [1.82, 2.24) is 10.2 Å². The number of hydrogen-bond donors (Lipinski definition) is 1. The first-order chi connectivity index (χ1) is 18.1. The fraction of sp³-hybridized carbons (Fsp3) is 0.259. The molecule has 0 bridgehead atoms. The van der Waals surface area contributed by atoms with Crippen molar-refractivity contribution in [2.45, 2.75) is 37.8 Å². The highest BCUT2D eigenvalue weighted by atomic mass is 32.2. The second-order valence-corrected chi connectivity index (χ2v) is 10.5. The minimum atomic E-state index is -4.24. The monoisotopic (exact) mass is 538 g/mol. The molecule has 0 spiro atoms. The number of carbonyl (C=O) groups excluding carboxylic acids is 2. The third kappa shape index (κ3) is 6.54. The third-order valence-corrected chi connectivity index (χ3v) is 7.81. The van der Waals surface area contributed by atoms with Crippen molar-refractivity contribution in [3.63, 3.8) is 0 Å². The Balaban J connectivity index is 2.06. The van der Waals surface area contributed by atoms with Crippen LogP contribution in [0.4, 0.5) is 11.4 Å². The van der Waals surface area contributed by atoms with Gasteiger partial charge < -0.3 is 10.2 Å². The fourth-order valence-corrected chi connectivity index (χ4v) is 5.52. The van der Waals surface area contributed by atoms with Crippen LogP contribution in [0.15, 0.2) is 83.8 Å². The van der Waals surface area contributed by atoms with Crippen LogP contribution in [0.2, 0.25) is 0 Å². The quantitative estimate of drug-likeness (QED) is 0.293. The zero-order chi connectivity index (χ0) is 27.9. The summed E-state index contributed by atoms with van der Waals surface area (Å²) in [4.78, 5) is 38.4. The van der Waals surface area contributed by atoms with Crippen molar-refractivity contribution in [3.05, 3.63) is 100 Å². The molecular formula is C27H30N4O6S. The average Bonchev–Trinajstić information content (AvgIpc) is 2.91. The number of nitro benzene ring substituents is 1. The van der Waals surface area contributed by atoms with E-state index in [9.17, 15) is 28.1 Å². The van der Waals surface area contributed by atoms with E-state index in [2.05, 4.69) is 5.32 Å². The number of aryl methyl sites for hydroxylation is 1. The summed E-state index contributed by atoms with van der Waals surface area (Å²) >= 11 is 0. The van der Waals surface area contributed by atoms with E-state index in [1.54, 1.807) is 25.1 Å². The highest BCUT2D eigenvalue weighted by molar-refractivity contribution is 7.92. The van der Waals surface area contributed by atoms with E-state index in [0.29, 0.717) is 6.42 Å². The van der Waals surface area contributed by atoms with E-state index >= 15 is 0 Å². The first-order valence-electron chi connectivity index (χ1n) is 12.0. The molecule has 0 radical (unpaired) electrons. The van der Waals surface area contributed by atoms with Gasteiger partial charge in [0.25, 0.3) is 15.7 Å². The molecule has 11 heteroatoms. The van der Waals surface area contributed by atoms with Crippen molar-refractivity contribution >= 4 is 33.2 Å². The van der Waals surface area contributed by atoms with Crippen molar-refractivity contribution in [2.75, 3.05) is 17.9 Å². The van der Waals surface area contributed by atoms with Crippen LogP contribution >= 0.6 is 0 Å². The summed E-state index contributed by atoms with van der Waals surface area (Å²) in [5, 5.41) is 13.7. The molecule has 3 rings (SSSR count).